The van der Waals surface area contributed by atoms with E-state index in [1.807, 2.05) is 24.3 Å². The van der Waals surface area contributed by atoms with Gasteiger partial charge in [0.2, 0.25) is 0 Å². The summed E-state index contributed by atoms with van der Waals surface area (Å²) in [6.07, 6.45) is 4.70. The van der Waals surface area contributed by atoms with Crippen LogP contribution in [-0.4, -0.2) is 19.1 Å². The fourth-order valence-electron chi connectivity index (χ4n) is 3.69. The Bertz CT molecular complexity index is 895. The Kier molecular flexibility index (Phi) is 4.26. The van der Waals surface area contributed by atoms with Crippen LogP contribution in [0.2, 0.25) is 0 Å². The molecule has 0 radical (unpaired) electrons. The summed E-state index contributed by atoms with van der Waals surface area (Å²) in [7, 11) is 1.62. The Morgan fingerprint density at radius 2 is 1.92 bits per heavy atom. The minimum atomic E-state index is -0.0888. The third kappa shape index (κ3) is 2.88. The molecule has 2 aromatic rings. The third-order valence-corrected chi connectivity index (χ3v) is 5.10. The summed E-state index contributed by atoms with van der Waals surface area (Å²) in [4.78, 5) is 14.5. The van der Waals surface area contributed by atoms with Gasteiger partial charge in [0.1, 0.15) is 0 Å². The quantitative estimate of drug-likeness (QED) is 0.836. The van der Waals surface area contributed by atoms with Crippen molar-refractivity contribution in [3.8, 4) is 17.6 Å². The molecule has 5 nitrogen and oxygen atoms in total. The van der Waals surface area contributed by atoms with Gasteiger partial charge in [-0.2, -0.15) is 5.26 Å². The first-order chi connectivity index (χ1) is 12.7. The summed E-state index contributed by atoms with van der Waals surface area (Å²) < 4.78 is 11.6. The fraction of sp³-hybridized carbons (Fsp3) is 0.333. The first kappa shape index (κ1) is 16.5. The molecule has 0 aromatic heterocycles. The van der Waals surface area contributed by atoms with Gasteiger partial charge in [-0.3, -0.25) is 4.79 Å². The molecule has 1 fully saturated rings. The zero-order valence-electron chi connectivity index (χ0n) is 14.7. The molecule has 1 saturated carbocycles. The maximum Gasteiger partial charge on any atom is 0.258 e. The van der Waals surface area contributed by atoms with Crippen molar-refractivity contribution in [2.24, 2.45) is 0 Å². The number of benzene rings is 2. The zero-order valence-corrected chi connectivity index (χ0v) is 14.7. The number of anilines is 1. The van der Waals surface area contributed by atoms with Crippen LogP contribution in [0.15, 0.2) is 36.4 Å². The minimum Gasteiger partial charge on any atom is -0.493 e. The average Bonchev–Trinajstić information content (AvgIpc) is 3.29. The summed E-state index contributed by atoms with van der Waals surface area (Å²) >= 11 is 0. The predicted molar refractivity (Wildman–Crippen MR) is 97.5 cm³/mol. The summed E-state index contributed by atoms with van der Waals surface area (Å²) in [5.74, 6) is 1.27. The van der Waals surface area contributed by atoms with Crippen LogP contribution >= 0.6 is 0 Å². The van der Waals surface area contributed by atoms with Crippen molar-refractivity contribution in [1.82, 2.24) is 0 Å². The second-order valence-electron chi connectivity index (χ2n) is 6.73. The molecular weight excluding hydrogens is 328 g/mol. The largest absolute Gasteiger partial charge is 0.493 e. The lowest BCUT2D eigenvalue weighted by Gasteiger charge is -2.20. The molecule has 1 aliphatic heterocycles. The van der Waals surface area contributed by atoms with Crippen LogP contribution in [0.25, 0.3) is 0 Å². The fourth-order valence-corrected chi connectivity index (χ4v) is 3.69. The van der Waals surface area contributed by atoms with Crippen LogP contribution in [-0.2, 0) is 6.54 Å². The monoisotopic (exact) mass is 348 g/mol. The number of fused-ring (bicyclic) bond motifs is 1. The van der Waals surface area contributed by atoms with Gasteiger partial charge in [-0.25, -0.2) is 0 Å². The maximum atomic E-state index is 12.8. The molecule has 0 bridgehead atoms. The number of methoxy groups -OCH3 is 1. The summed E-state index contributed by atoms with van der Waals surface area (Å²) in [5.41, 5.74) is 2.80. The first-order valence-corrected chi connectivity index (χ1v) is 8.89. The van der Waals surface area contributed by atoms with E-state index in [1.165, 1.54) is 12.8 Å². The van der Waals surface area contributed by atoms with Crippen LogP contribution in [0.5, 0.6) is 11.5 Å². The van der Waals surface area contributed by atoms with E-state index in [0.717, 1.165) is 24.1 Å². The molecule has 132 valence electrons. The second-order valence-corrected chi connectivity index (χ2v) is 6.73. The van der Waals surface area contributed by atoms with E-state index in [1.54, 1.807) is 24.1 Å². The Hall–Kier alpha value is -3.00. The molecule has 0 N–H and O–H groups in total. The molecule has 0 spiro atoms. The number of hydrogen-bond acceptors (Lipinski definition) is 4. The first-order valence-electron chi connectivity index (χ1n) is 8.89. The number of hydrogen-bond donors (Lipinski definition) is 0. The van der Waals surface area contributed by atoms with Gasteiger partial charge < -0.3 is 14.4 Å². The highest BCUT2D eigenvalue weighted by molar-refractivity contribution is 6.10. The number of rotatable bonds is 4. The van der Waals surface area contributed by atoms with E-state index in [0.29, 0.717) is 29.2 Å². The van der Waals surface area contributed by atoms with Gasteiger partial charge in [-0.1, -0.05) is 6.07 Å². The number of ether oxygens (including phenoxy) is 2. The van der Waals surface area contributed by atoms with Crippen LogP contribution in [0.3, 0.4) is 0 Å². The molecule has 5 heteroatoms. The molecule has 4 rings (SSSR count). The predicted octanol–water partition coefficient (Wildman–Crippen LogP) is 4.05. The van der Waals surface area contributed by atoms with Crippen LogP contribution in [0.1, 0.15) is 47.2 Å². The number of nitriles is 1. The van der Waals surface area contributed by atoms with E-state index in [-0.39, 0.29) is 12.0 Å². The van der Waals surface area contributed by atoms with E-state index in [2.05, 4.69) is 6.07 Å². The smallest absolute Gasteiger partial charge is 0.258 e. The number of carbonyl (C=O) groups excluding carboxylic acids is 1. The van der Waals surface area contributed by atoms with Gasteiger partial charge in [0, 0.05) is 17.3 Å². The third-order valence-electron chi connectivity index (χ3n) is 5.10. The van der Waals surface area contributed by atoms with Gasteiger partial charge in [-0.15, -0.1) is 0 Å². The van der Waals surface area contributed by atoms with Crippen LogP contribution in [0.4, 0.5) is 5.69 Å². The van der Waals surface area contributed by atoms with Crippen molar-refractivity contribution in [2.75, 3.05) is 12.0 Å². The molecule has 0 unspecified atom stereocenters. The topological polar surface area (TPSA) is 62.6 Å². The van der Waals surface area contributed by atoms with Crippen LogP contribution < -0.4 is 14.4 Å². The highest BCUT2D eigenvalue weighted by atomic mass is 16.5. The minimum absolute atomic E-state index is 0.0888. The Morgan fingerprint density at radius 3 is 2.65 bits per heavy atom. The molecule has 1 aliphatic carbocycles. The van der Waals surface area contributed by atoms with Crippen LogP contribution in [0, 0.1) is 11.3 Å². The van der Waals surface area contributed by atoms with Crippen molar-refractivity contribution in [3.05, 3.63) is 53.1 Å². The maximum absolute atomic E-state index is 12.8. The molecular formula is C21H20N2O3. The molecule has 26 heavy (non-hydrogen) atoms. The van der Waals surface area contributed by atoms with E-state index >= 15 is 0 Å². The lowest BCUT2D eigenvalue weighted by Crippen LogP contribution is -2.23. The number of nitrogens with zero attached hydrogens (tertiary/aromatic N) is 2. The Balaban J connectivity index is 1.63. The van der Waals surface area contributed by atoms with E-state index in [4.69, 9.17) is 14.7 Å². The Morgan fingerprint density at radius 1 is 1.12 bits per heavy atom. The van der Waals surface area contributed by atoms with Crippen molar-refractivity contribution in [1.29, 1.82) is 5.26 Å². The highest BCUT2D eigenvalue weighted by Crippen LogP contribution is 2.37. The summed E-state index contributed by atoms with van der Waals surface area (Å²) in [6, 6.07) is 12.9. The molecule has 0 saturated heterocycles. The Labute approximate surface area is 152 Å². The number of carbonyl (C=O) groups is 1. The van der Waals surface area contributed by atoms with Crippen molar-refractivity contribution in [3.63, 3.8) is 0 Å². The van der Waals surface area contributed by atoms with Crippen molar-refractivity contribution >= 4 is 11.6 Å². The van der Waals surface area contributed by atoms with Gasteiger partial charge >= 0.3 is 0 Å². The average molecular weight is 348 g/mol. The molecule has 2 aliphatic rings. The van der Waals surface area contributed by atoms with Crippen molar-refractivity contribution in [2.45, 2.75) is 38.3 Å². The molecule has 2 aromatic carbocycles. The second kappa shape index (κ2) is 6.72. The zero-order chi connectivity index (χ0) is 18.1. The van der Waals surface area contributed by atoms with Gasteiger partial charge in [0.15, 0.2) is 11.5 Å². The van der Waals surface area contributed by atoms with Gasteiger partial charge in [0.05, 0.1) is 31.4 Å². The summed E-state index contributed by atoms with van der Waals surface area (Å²) in [5, 5.41) is 9.06. The molecule has 1 heterocycles. The SMILES string of the molecule is COc1ccc(N2Cc3ccc(C#N)cc3C2=O)cc1OC1CCCC1. The van der Waals surface area contributed by atoms with Crippen molar-refractivity contribution < 1.29 is 14.3 Å². The number of amides is 1. The highest BCUT2D eigenvalue weighted by Gasteiger charge is 2.29. The van der Waals surface area contributed by atoms with Gasteiger partial charge in [0.25, 0.3) is 5.91 Å². The van der Waals surface area contributed by atoms with E-state index in [9.17, 15) is 4.79 Å². The summed E-state index contributed by atoms with van der Waals surface area (Å²) in [6.45, 7) is 0.495. The lowest BCUT2D eigenvalue weighted by atomic mass is 10.1. The lowest BCUT2D eigenvalue weighted by molar-refractivity contribution is 0.0996. The van der Waals surface area contributed by atoms with E-state index < -0.39 is 0 Å². The standard InChI is InChI=1S/C21H20N2O3/c1-25-19-9-8-16(11-20(19)26-17-4-2-3-5-17)23-13-15-7-6-14(12-22)10-18(15)21(23)24/h6-11,17H,2-5,13H2,1H3. The molecule has 0 atom stereocenters. The van der Waals surface area contributed by atoms with Gasteiger partial charge in [-0.05, 0) is 55.5 Å². The molecule has 1 amide bonds. The normalized spacial score (nSPS) is 16.5.